The smallest absolute Gasteiger partial charge is 0.308 e. The van der Waals surface area contributed by atoms with Crippen LogP contribution in [0.15, 0.2) is 47.5 Å². The molecule has 22 heavy (non-hydrogen) atoms. The number of carbonyl (C=O) groups excluding carboxylic acids is 1. The molecule has 0 bridgehead atoms. The molecule has 2 heterocycles. The van der Waals surface area contributed by atoms with E-state index in [1.165, 1.54) is 0 Å². The summed E-state index contributed by atoms with van der Waals surface area (Å²) in [4.78, 5) is 13.2. The summed E-state index contributed by atoms with van der Waals surface area (Å²) in [5.41, 5.74) is 1.98. The topological polar surface area (TPSA) is 71.3 Å². The SMILES string of the molecule is CSc1cccc(NC(=O)Nc2cccn3c(C)nnc23)c1. The van der Waals surface area contributed by atoms with E-state index in [2.05, 4.69) is 20.8 Å². The largest absolute Gasteiger partial charge is 0.323 e. The molecule has 0 unspecified atom stereocenters. The molecule has 3 aromatic rings. The molecule has 2 aromatic heterocycles. The van der Waals surface area contributed by atoms with Crippen LogP contribution in [0.5, 0.6) is 0 Å². The minimum Gasteiger partial charge on any atom is -0.308 e. The molecule has 3 rings (SSSR count). The zero-order valence-corrected chi connectivity index (χ0v) is 13.0. The maximum atomic E-state index is 12.1. The number of fused-ring (bicyclic) bond motifs is 1. The Kier molecular flexibility index (Phi) is 3.97. The van der Waals surface area contributed by atoms with Crippen LogP contribution < -0.4 is 10.6 Å². The summed E-state index contributed by atoms with van der Waals surface area (Å²) in [7, 11) is 0. The second-order valence-electron chi connectivity index (χ2n) is 4.67. The number of rotatable bonds is 3. The third kappa shape index (κ3) is 2.89. The third-order valence-electron chi connectivity index (χ3n) is 3.18. The highest BCUT2D eigenvalue weighted by molar-refractivity contribution is 7.98. The van der Waals surface area contributed by atoms with Crippen LogP contribution >= 0.6 is 11.8 Å². The van der Waals surface area contributed by atoms with Gasteiger partial charge < -0.3 is 10.6 Å². The monoisotopic (exact) mass is 313 g/mol. The van der Waals surface area contributed by atoms with Gasteiger partial charge in [0.05, 0.1) is 5.69 Å². The lowest BCUT2D eigenvalue weighted by Gasteiger charge is -2.09. The minimum atomic E-state index is -0.313. The summed E-state index contributed by atoms with van der Waals surface area (Å²) >= 11 is 1.63. The Labute approximate surface area is 131 Å². The van der Waals surface area contributed by atoms with E-state index in [0.717, 1.165) is 16.4 Å². The summed E-state index contributed by atoms with van der Waals surface area (Å²) in [5, 5.41) is 13.7. The fourth-order valence-corrected chi connectivity index (χ4v) is 2.57. The Balaban J connectivity index is 1.78. The van der Waals surface area contributed by atoms with E-state index in [-0.39, 0.29) is 6.03 Å². The Morgan fingerprint density at radius 2 is 2.05 bits per heavy atom. The summed E-state index contributed by atoms with van der Waals surface area (Å²) in [5.74, 6) is 0.770. The van der Waals surface area contributed by atoms with Crippen molar-refractivity contribution in [3.63, 3.8) is 0 Å². The van der Waals surface area contributed by atoms with E-state index in [1.54, 1.807) is 17.8 Å². The molecule has 2 amide bonds. The van der Waals surface area contributed by atoms with Crippen molar-refractivity contribution in [2.45, 2.75) is 11.8 Å². The maximum Gasteiger partial charge on any atom is 0.323 e. The summed E-state index contributed by atoms with van der Waals surface area (Å²) in [6, 6.07) is 11.0. The summed E-state index contributed by atoms with van der Waals surface area (Å²) in [6.07, 6.45) is 3.85. The molecule has 0 radical (unpaired) electrons. The number of anilines is 2. The number of urea groups is 1. The second-order valence-corrected chi connectivity index (χ2v) is 5.55. The highest BCUT2D eigenvalue weighted by Gasteiger charge is 2.09. The first-order chi connectivity index (χ1) is 10.7. The lowest BCUT2D eigenvalue weighted by Crippen LogP contribution is -2.19. The van der Waals surface area contributed by atoms with Crippen LogP contribution in [0.3, 0.4) is 0 Å². The van der Waals surface area contributed by atoms with Gasteiger partial charge in [0, 0.05) is 16.8 Å². The van der Waals surface area contributed by atoms with Gasteiger partial charge in [-0.25, -0.2) is 4.79 Å². The Morgan fingerprint density at radius 3 is 2.86 bits per heavy atom. The maximum absolute atomic E-state index is 12.1. The molecule has 6 nitrogen and oxygen atoms in total. The molecule has 2 N–H and O–H groups in total. The molecular weight excluding hydrogens is 298 g/mol. The molecule has 0 aliphatic rings. The van der Waals surface area contributed by atoms with Crippen LogP contribution in [-0.2, 0) is 0 Å². The third-order valence-corrected chi connectivity index (χ3v) is 3.91. The zero-order chi connectivity index (χ0) is 15.5. The number of amides is 2. The lowest BCUT2D eigenvalue weighted by atomic mass is 10.3. The average molecular weight is 313 g/mol. The van der Waals surface area contributed by atoms with Crippen molar-refractivity contribution >= 4 is 34.8 Å². The van der Waals surface area contributed by atoms with Gasteiger partial charge >= 0.3 is 6.03 Å². The molecule has 0 fully saturated rings. The van der Waals surface area contributed by atoms with E-state index in [0.29, 0.717) is 11.3 Å². The van der Waals surface area contributed by atoms with Gasteiger partial charge in [0.2, 0.25) is 0 Å². The summed E-state index contributed by atoms with van der Waals surface area (Å²) in [6.45, 7) is 1.86. The first kappa shape index (κ1) is 14.4. The molecule has 112 valence electrons. The van der Waals surface area contributed by atoms with Gasteiger partial charge in [-0.15, -0.1) is 22.0 Å². The number of aromatic nitrogens is 3. The molecule has 0 spiro atoms. The Bertz CT molecular complexity index is 830. The van der Waals surface area contributed by atoms with Crippen LogP contribution in [0.1, 0.15) is 5.82 Å². The van der Waals surface area contributed by atoms with Crippen LogP contribution in [0, 0.1) is 6.92 Å². The molecule has 0 atom stereocenters. The number of nitrogens with zero attached hydrogens (tertiary/aromatic N) is 3. The highest BCUT2D eigenvalue weighted by atomic mass is 32.2. The van der Waals surface area contributed by atoms with Gasteiger partial charge in [-0.2, -0.15) is 0 Å². The second kappa shape index (κ2) is 6.07. The molecule has 1 aromatic carbocycles. The normalized spacial score (nSPS) is 10.6. The van der Waals surface area contributed by atoms with E-state index < -0.39 is 0 Å². The van der Waals surface area contributed by atoms with Crippen LogP contribution in [0.4, 0.5) is 16.2 Å². The number of aryl methyl sites for hydroxylation is 1. The molecule has 0 aliphatic carbocycles. The van der Waals surface area contributed by atoms with E-state index >= 15 is 0 Å². The van der Waals surface area contributed by atoms with Crippen molar-refractivity contribution in [3.8, 4) is 0 Å². The van der Waals surface area contributed by atoms with Gasteiger partial charge in [-0.3, -0.25) is 4.40 Å². The van der Waals surface area contributed by atoms with Gasteiger partial charge in [0.1, 0.15) is 5.82 Å². The van der Waals surface area contributed by atoms with Gasteiger partial charge in [-0.1, -0.05) is 6.07 Å². The van der Waals surface area contributed by atoms with Crippen LogP contribution in [0.25, 0.3) is 5.65 Å². The Hall–Kier alpha value is -2.54. The van der Waals surface area contributed by atoms with E-state index in [4.69, 9.17) is 0 Å². The Morgan fingerprint density at radius 1 is 1.18 bits per heavy atom. The van der Waals surface area contributed by atoms with E-state index in [1.807, 2.05) is 54.1 Å². The predicted octanol–water partition coefficient (Wildman–Crippen LogP) is 3.40. The number of nitrogens with one attached hydrogen (secondary N) is 2. The van der Waals surface area contributed by atoms with Crippen molar-refractivity contribution in [3.05, 3.63) is 48.4 Å². The zero-order valence-electron chi connectivity index (χ0n) is 12.2. The van der Waals surface area contributed by atoms with E-state index in [9.17, 15) is 4.79 Å². The molecular formula is C15H15N5OS. The molecule has 0 saturated carbocycles. The number of hydrogen-bond acceptors (Lipinski definition) is 4. The van der Waals surface area contributed by atoms with Crippen molar-refractivity contribution < 1.29 is 4.79 Å². The predicted molar refractivity (Wildman–Crippen MR) is 88.6 cm³/mol. The van der Waals surface area contributed by atoms with Crippen molar-refractivity contribution in [1.29, 1.82) is 0 Å². The standard InChI is InChI=1S/C15H15N5OS/c1-10-18-19-14-13(7-4-8-20(10)14)17-15(21)16-11-5-3-6-12(9-11)22-2/h3-9H,1-2H3,(H2,16,17,21). The molecule has 7 heteroatoms. The van der Waals surface area contributed by atoms with Gasteiger partial charge in [0.15, 0.2) is 5.65 Å². The van der Waals surface area contributed by atoms with Gasteiger partial charge in [-0.05, 0) is 43.5 Å². The number of pyridine rings is 1. The molecule has 0 aliphatic heterocycles. The fraction of sp³-hybridized carbons (Fsp3) is 0.133. The van der Waals surface area contributed by atoms with Gasteiger partial charge in [0.25, 0.3) is 0 Å². The number of carbonyl (C=O) groups is 1. The first-order valence-corrected chi connectivity index (χ1v) is 7.92. The van der Waals surface area contributed by atoms with Crippen LogP contribution in [0.2, 0.25) is 0 Å². The lowest BCUT2D eigenvalue weighted by molar-refractivity contribution is 0.262. The fourth-order valence-electron chi connectivity index (χ4n) is 2.11. The van der Waals surface area contributed by atoms with Crippen molar-refractivity contribution in [2.75, 3.05) is 16.9 Å². The quantitative estimate of drug-likeness (QED) is 0.727. The minimum absolute atomic E-state index is 0.313. The number of benzene rings is 1. The number of hydrogen-bond donors (Lipinski definition) is 2. The average Bonchev–Trinajstić information content (AvgIpc) is 2.90. The van der Waals surface area contributed by atoms with Crippen molar-refractivity contribution in [2.24, 2.45) is 0 Å². The molecule has 0 saturated heterocycles. The van der Waals surface area contributed by atoms with Crippen molar-refractivity contribution in [1.82, 2.24) is 14.6 Å². The van der Waals surface area contributed by atoms with Crippen LogP contribution in [-0.4, -0.2) is 26.9 Å². The number of thioether (sulfide) groups is 1. The highest BCUT2D eigenvalue weighted by Crippen LogP contribution is 2.20. The summed E-state index contributed by atoms with van der Waals surface area (Å²) < 4.78 is 1.82. The first-order valence-electron chi connectivity index (χ1n) is 6.70.